The van der Waals surface area contributed by atoms with Gasteiger partial charge in [0, 0.05) is 5.56 Å². The summed E-state index contributed by atoms with van der Waals surface area (Å²) in [5.41, 5.74) is 1.17. The van der Waals surface area contributed by atoms with Gasteiger partial charge in [-0.2, -0.15) is 0 Å². The topological polar surface area (TPSA) is 30.5 Å². The van der Waals surface area contributed by atoms with Crippen molar-refractivity contribution >= 4 is 0 Å². The number of ether oxygens (including phenoxy) is 2. The lowest BCUT2D eigenvalue weighted by Crippen LogP contribution is -2.27. The monoisotopic (exact) mass is 265 g/mol. The number of likely N-dealkylation sites (N-methyl/N-ethyl adjacent to an activating group) is 1. The summed E-state index contributed by atoms with van der Waals surface area (Å²) >= 11 is 0. The Bertz CT molecular complexity index is 364. The first-order chi connectivity index (χ1) is 9.04. The maximum absolute atomic E-state index is 5.88. The van der Waals surface area contributed by atoms with Gasteiger partial charge in [0.15, 0.2) is 0 Å². The molecule has 0 saturated carbocycles. The molecule has 0 bridgehead atoms. The average Bonchev–Trinajstić information content (AvgIpc) is 2.34. The summed E-state index contributed by atoms with van der Waals surface area (Å²) in [6.07, 6.45) is 0.411. The minimum atomic E-state index is 0.169. The third kappa shape index (κ3) is 5.62. The van der Waals surface area contributed by atoms with Crippen LogP contribution in [0.4, 0.5) is 0 Å². The Kier molecular flexibility index (Phi) is 6.89. The number of hydrogen-bond donors (Lipinski definition) is 1. The van der Waals surface area contributed by atoms with Crippen molar-refractivity contribution in [1.29, 1.82) is 0 Å². The lowest BCUT2D eigenvalue weighted by Gasteiger charge is -2.23. The van der Waals surface area contributed by atoms with E-state index < -0.39 is 0 Å². The van der Waals surface area contributed by atoms with Gasteiger partial charge in [-0.25, -0.2) is 0 Å². The molecule has 3 heteroatoms. The Morgan fingerprint density at radius 3 is 2.32 bits per heavy atom. The van der Waals surface area contributed by atoms with E-state index in [2.05, 4.69) is 32.2 Å². The van der Waals surface area contributed by atoms with E-state index in [0.717, 1.165) is 12.3 Å². The molecule has 1 unspecified atom stereocenters. The van der Waals surface area contributed by atoms with Crippen LogP contribution in [0.3, 0.4) is 0 Å². The Morgan fingerprint density at radius 1 is 1.05 bits per heavy atom. The van der Waals surface area contributed by atoms with Crippen molar-refractivity contribution < 1.29 is 9.47 Å². The SMILES string of the molecule is CCNC(COC(C)C)c1ccccc1OC(C)C. The van der Waals surface area contributed by atoms with Gasteiger partial charge in [-0.15, -0.1) is 0 Å². The van der Waals surface area contributed by atoms with E-state index in [1.54, 1.807) is 0 Å². The van der Waals surface area contributed by atoms with Gasteiger partial charge in [0.05, 0.1) is 24.9 Å². The molecule has 0 aliphatic heterocycles. The molecule has 0 radical (unpaired) electrons. The zero-order chi connectivity index (χ0) is 14.3. The highest BCUT2D eigenvalue weighted by Crippen LogP contribution is 2.26. The molecule has 1 aromatic rings. The maximum atomic E-state index is 5.88. The fraction of sp³-hybridized carbons (Fsp3) is 0.625. The van der Waals surface area contributed by atoms with Gasteiger partial charge in [-0.05, 0) is 40.3 Å². The molecule has 0 amide bonds. The van der Waals surface area contributed by atoms with Gasteiger partial charge in [-0.3, -0.25) is 0 Å². The number of nitrogens with one attached hydrogen (secondary N) is 1. The van der Waals surface area contributed by atoms with Crippen LogP contribution in [-0.2, 0) is 4.74 Å². The molecule has 0 saturated heterocycles. The van der Waals surface area contributed by atoms with Gasteiger partial charge >= 0.3 is 0 Å². The summed E-state index contributed by atoms with van der Waals surface area (Å²) in [5.74, 6) is 0.941. The van der Waals surface area contributed by atoms with Crippen molar-refractivity contribution in [2.45, 2.75) is 52.9 Å². The second kappa shape index (κ2) is 8.18. The predicted molar refractivity (Wildman–Crippen MR) is 79.7 cm³/mol. The second-order valence-corrected chi connectivity index (χ2v) is 5.20. The van der Waals surface area contributed by atoms with Crippen molar-refractivity contribution in [3.8, 4) is 5.75 Å². The Hall–Kier alpha value is -1.06. The maximum Gasteiger partial charge on any atom is 0.124 e. The normalized spacial score (nSPS) is 13.0. The van der Waals surface area contributed by atoms with Crippen LogP contribution in [0.5, 0.6) is 5.75 Å². The predicted octanol–water partition coefficient (Wildman–Crippen LogP) is 3.55. The lowest BCUT2D eigenvalue weighted by atomic mass is 10.1. The van der Waals surface area contributed by atoms with Crippen LogP contribution < -0.4 is 10.1 Å². The largest absolute Gasteiger partial charge is 0.491 e. The standard InChI is InChI=1S/C16H27NO2/c1-6-17-15(11-18-12(2)3)14-9-7-8-10-16(14)19-13(4)5/h7-10,12-13,15,17H,6,11H2,1-5H3. The molecule has 0 aliphatic carbocycles. The Balaban J connectivity index is 2.87. The first-order valence-electron chi connectivity index (χ1n) is 7.15. The minimum Gasteiger partial charge on any atom is -0.491 e. The van der Waals surface area contributed by atoms with Crippen molar-refractivity contribution in [3.63, 3.8) is 0 Å². The van der Waals surface area contributed by atoms with Crippen molar-refractivity contribution in [2.75, 3.05) is 13.2 Å². The molecule has 108 valence electrons. The van der Waals surface area contributed by atoms with E-state index >= 15 is 0 Å². The average molecular weight is 265 g/mol. The van der Waals surface area contributed by atoms with Gasteiger partial charge in [-0.1, -0.05) is 25.1 Å². The van der Waals surface area contributed by atoms with E-state index in [4.69, 9.17) is 9.47 Å². The van der Waals surface area contributed by atoms with Crippen molar-refractivity contribution in [1.82, 2.24) is 5.32 Å². The number of para-hydroxylation sites is 1. The Labute approximate surface area is 117 Å². The number of hydrogen-bond acceptors (Lipinski definition) is 3. The van der Waals surface area contributed by atoms with Crippen LogP contribution in [0.2, 0.25) is 0 Å². The summed E-state index contributed by atoms with van der Waals surface area (Å²) in [7, 11) is 0. The van der Waals surface area contributed by atoms with Crippen LogP contribution in [0, 0.1) is 0 Å². The van der Waals surface area contributed by atoms with E-state index in [1.165, 1.54) is 5.56 Å². The summed E-state index contributed by atoms with van der Waals surface area (Å²) < 4.78 is 11.6. The first-order valence-corrected chi connectivity index (χ1v) is 7.15. The Morgan fingerprint density at radius 2 is 1.74 bits per heavy atom. The van der Waals surface area contributed by atoms with Crippen molar-refractivity contribution in [3.05, 3.63) is 29.8 Å². The highest BCUT2D eigenvalue weighted by Gasteiger charge is 2.16. The molecule has 0 heterocycles. The molecule has 19 heavy (non-hydrogen) atoms. The molecule has 0 spiro atoms. The second-order valence-electron chi connectivity index (χ2n) is 5.20. The molecule has 1 N–H and O–H groups in total. The molecule has 1 aromatic carbocycles. The molecule has 3 nitrogen and oxygen atoms in total. The quantitative estimate of drug-likeness (QED) is 0.779. The number of rotatable bonds is 8. The zero-order valence-corrected chi connectivity index (χ0v) is 12.8. The smallest absolute Gasteiger partial charge is 0.124 e. The zero-order valence-electron chi connectivity index (χ0n) is 12.8. The molecule has 0 aromatic heterocycles. The van der Waals surface area contributed by atoms with Gasteiger partial charge < -0.3 is 14.8 Å². The van der Waals surface area contributed by atoms with Crippen LogP contribution >= 0.6 is 0 Å². The van der Waals surface area contributed by atoms with Gasteiger partial charge in [0.1, 0.15) is 5.75 Å². The fourth-order valence-electron chi connectivity index (χ4n) is 1.92. The molecule has 0 aliphatic rings. The van der Waals surface area contributed by atoms with Gasteiger partial charge in [0.2, 0.25) is 0 Å². The summed E-state index contributed by atoms with van der Waals surface area (Å²) in [6, 6.07) is 8.35. The first kappa shape index (κ1) is 16.0. The molecule has 1 rings (SSSR count). The third-order valence-electron chi connectivity index (χ3n) is 2.70. The van der Waals surface area contributed by atoms with Gasteiger partial charge in [0.25, 0.3) is 0 Å². The van der Waals surface area contributed by atoms with E-state index in [-0.39, 0.29) is 18.2 Å². The van der Waals surface area contributed by atoms with Crippen LogP contribution in [0.25, 0.3) is 0 Å². The fourth-order valence-corrected chi connectivity index (χ4v) is 1.92. The van der Waals surface area contributed by atoms with Crippen LogP contribution in [-0.4, -0.2) is 25.4 Å². The summed E-state index contributed by atoms with van der Waals surface area (Å²) in [6.45, 7) is 11.9. The minimum absolute atomic E-state index is 0.169. The van der Waals surface area contributed by atoms with Crippen LogP contribution in [0.1, 0.15) is 46.2 Å². The third-order valence-corrected chi connectivity index (χ3v) is 2.70. The summed E-state index contributed by atoms with van der Waals surface area (Å²) in [5, 5.41) is 3.46. The molecule has 1 atom stereocenters. The summed E-state index contributed by atoms with van der Waals surface area (Å²) in [4.78, 5) is 0. The lowest BCUT2D eigenvalue weighted by molar-refractivity contribution is 0.0605. The molecule has 0 fully saturated rings. The van der Waals surface area contributed by atoms with Crippen molar-refractivity contribution in [2.24, 2.45) is 0 Å². The van der Waals surface area contributed by atoms with E-state index in [9.17, 15) is 0 Å². The number of benzene rings is 1. The highest BCUT2D eigenvalue weighted by molar-refractivity contribution is 5.36. The highest BCUT2D eigenvalue weighted by atomic mass is 16.5. The van der Waals surface area contributed by atoms with E-state index in [1.807, 2.05) is 32.0 Å². The molecular weight excluding hydrogens is 238 g/mol. The molecular formula is C16H27NO2. The van der Waals surface area contributed by atoms with Crippen LogP contribution in [0.15, 0.2) is 24.3 Å². The van der Waals surface area contributed by atoms with E-state index in [0.29, 0.717) is 6.61 Å².